The van der Waals surface area contributed by atoms with Crippen molar-refractivity contribution >= 4 is 11.9 Å². The fraction of sp³-hybridized carbons (Fsp3) is 0.429. The van der Waals surface area contributed by atoms with Crippen molar-refractivity contribution in [3.05, 3.63) is 30.3 Å². The van der Waals surface area contributed by atoms with Crippen molar-refractivity contribution in [2.75, 3.05) is 7.11 Å². The standard InChI is InChI=1S/C14H19NO4/c1-4-12(19-11-8-6-5-7-9-11)13(16)15-10(2)14(17)18-3/h5-10,12H,4H2,1-3H3,(H,15,16). The highest BCUT2D eigenvalue weighted by atomic mass is 16.5. The minimum atomic E-state index is -0.689. The summed E-state index contributed by atoms with van der Waals surface area (Å²) >= 11 is 0. The fourth-order valence-electron chi connectivity index (χ4n) is 1.53. The molecule has 0 spiro atoms. The number of hydrogen-bond acceptors (Lipinski definition) is 4. The van der Waals surface area contributed by atoms with Crippen LogP contribution in [0, 0.1) is 0 Å². The number of hydrogen-bond donors (Lipinski definition) is 1. The smallest absolute Gasteiger partial charge is 0.328 e. The summed E-state index contributed by atoms with van der Waals surface area (Å²) in [5.74, 6) is -0.192. The van der Waals surface area contributed by atoms with E-state index in [0.29, 0.717) is 12.2 Å². The number of amides is 1. The predicted molar refractivity (Wildman–Crippen MR) is 70.8 cm³/mol. The molecule has 0 saturated heterocycles. The van der Waals surface area contributed by atoms with Crippen molar-refractivity contribution in [3.8, 4) is 5.75 Å². The first-order valence-corrected chi connectivity index (χ1v) is 6.18. The van der Waals surface area contributed by atoms with Crippen molar-refractivity contribution in [1.29, 1.82) is 0 Å². The van der Waals surface area contributed by atoms with Gasteiger partial charge in [-0.25, -0.2) is 4.79 Å². The quantitative estimate of drug-likeness (QED) is 0.792. The highest BCUT2D eigenvalue weighted by Gasteiger charge is 2.23. The van der Waals surface area contributed by atoms with Crippen LogP contribution in [0.25, 0.3) is 0 Å². The summed E-state index contributed by atoms with van der Waals surface area (Å²) in [6, 6.07) is 8.39. The summed E-state index contributed by atoms with van der Waals surface area (Å²) in [5.41, 5.74) is 0. The number of methoxy groups -OCH3 is 1. The predicted octanol–water partition coefficient (Wildman–Crippen LogP) is 1.52. The zero-order valence-corrected chi connectivity index (χ0v) is 11.4. The van der Waals surface area contributed by atoms with E-state index in [1.165, 1.54) is 7.11 Å². The van der Waals surface area contributed by atoms with Crippen LogP contribution in [0.15, 0.2) is 30.3 Å². The van der Waals surface area contributed by atoms with E-state index >= 15 is 0 Å². The Morgan fingerprint density at radius 2 is 1.89 bits per heavy atom. The van der Waals surface area contributed by atoms with Crippen LogP contribution in [0.4, 0.5) is 0 Å². The minimum absolute atomic E-state index is 0.329. The zero-order chi connectivity index (χ0) is 14.3. The molecule has 0 aromatic heterocycles. The number of benzene rings is 1. The summed E-state index contributed by atoms with van der Waals surface area (Å²) in [4.78, 5) is 23.2. The number of nitrogens with one attached hydrogen (secondary N) is 1. The van der Waals surface area contributed by atoms with Crippen molar-refractivity contribution < 1.29 is 19.1 Å². The molecule has 0 radical (unpaired) electrons. The van der Waals surface area contributed by atoms with Gasteiger partial charge in [0.05, 0.1) is 7.11 Å². The number of carbonyl (C=O) groups is 2. The SMILES string of the molecule is CCC(Oc1ccccc1)C(=O)NC(C)C(=O)OC. The second kappa shape index (κ2) is 7.41. The van der Waals surface area contributed by atoms with Gasteiger partial charge in [0.1, 0.15) is 11.8 Å². The molecule has 104 valence electrons. The number of carbonyl (C=O) groups excluding carboxylic acids is 2. The Labute approximate surface area is 112 Å². The topological polar surface area (TPSA) is 64.6 Å². The number of ether oxygens (including phenoxy) is 2. The Morgan fingerprint density at radius 1 is 1.26 bits per heavy atom. The molecule has 1 N–H and O–H groups in total. The van der Waals surface area contributed by atoms with Crippen LogP contribution < -0.4 is 10.1 Å². The first-order chi connectivity index (χ1) is 9.08. The fourth-order valence-corrected chi connectivity index (χ4v) is 1.53. The van der Waals surface area contributed by atoms with Gasteiger partial charge in [-0.05, 0) is 25.5 Å². The van der Waals surface area contributed by atoms with Gasteiger partial charge in [0, 0.05) is 0 Å². The maximum Gasteiger partial charge on any atom is 0.328 e. The van der Waals surface area contributed by atoms with E-state index in [-0.39, 0.29) is 5.91 Å². The van der Waals surface area contributed by atoms with Gasteiger partial charge >= 0.3 is 5.97 Å². The molecule has 1 aromatic rings. The highest BCUT2D eigenvalue weighted by Crippen LogP contribution is 2.12. The van der Waals surface area contributed by atoms with Crippen LogP contribution in [0.5, 0.6) is 5.75 Å². The first-order valence-electron chi connectivity index (χ1n) is 6.18. The van der Waals surface area contributed by atoms with Gasteiger partial charge in [-0.15, -0.1) is 0 Å². The zero-order valence-electron chi connectivity index (χ0n) is 11.4. The first kappa shape index (κ1) is 15.0. The third-order valence-corrected chi connectivity index (χ3v) is 2.60. The van der Waals surface area contributed by atoms with E-state index < -0.39 is 18.1 Å². The Morgan fingerprint density at radius 3 is 2.42 bits per heavy atom. The van der Waals surface area contributed by atoms with Crippen LogP contribution in [-0.4, -0.2) is 31.1 Å². The van der Waals surface area contributed by atoms with Gasteiger partial charge < -0.3 is 14.8 Å². The van der Waals surface area contributed by atoms with Crippen LogP contribution in [-0.2, 0) is 14.3 Å². The Balaban J connectivity index is 2.60. The summed E-state index contributed by atoms with van der Waals surface area (Å²) in [5, 5.41) is 2.56. The van der Waals surface area contributed by atoms with Gasteiger partial charge in [0.15, 0.2) is 6.10 Å². The second-order valence-electron chi connectivity index (χ2n) is 4.08. The molecule has 0 fully saturated rings. The summed E-state index contributed by atoms with van der Waals surface area (Å²) in [7, 11) is 1.28. The molecule has 1 aromatic carbocycles. The summed E-state index contributed by atoms with van der Waals surface area (Å²) in [6.07, 6.45) is -0.122. The van der Waals surface area contributed by atoms with E-state index in [4.69, 9.17) is 4.74 Å². The molecule has 0 saturated carbocycles. The molecule has 0 heterocycles. The molecule has 2 atom stereocenters. The second-order valence-corrected chi connectivity index (χ2v) is 4.08. The molecular weight excluding hydrogens is 246 g/mol. The van der Waals surface area contributed by atoms with Crippen molar-refractivity contribution in [1.82, 2.24) is 5.32 Å². The number of esters is 1. The highest BCUT2D eigenvalue weighted by molar-refractivity contribution is 5.86. The van der Waals surface area contributed by atoms with Gasteiger partial charge in [-0.2, -0.15) is 0 Å². The maximum absolute atomic E-state index is 12.0. The monoisotopic (exact) mass is 265 g/mol. The normalized spacial score (nSPS) is 13.2. The molecular formula is C14H19NO4. The Kier molecular flexibility index (Phi) is 5.85. The lowest BCUT2D eigenvalue weighted by molar-refractivity contribution is -0.145. The van der Waals surface area contributed by atoms with Crippen LogP contribution in [0.1, 0.15) is 20.3 Å². The molecule has 0 aliphatic rings. The minimum Gasteiger partial charge on any atom is -0.481 e. The van der Waals surface area contributed by atoms with Gasteiger partial charge in [-0.1, -0.05) is 25.1 Å². The molecule has 5 heteroatoms. The van der Waals surface area contributed by atoms with Gasteiger partial charge in [0.25, 0.3) is 5.91 Å². The van der Waals surface area contributed by atoms with Gasteiger partial charge in [0.2, 0.25) is 0 Å². The summed E-state index contributed by atoms with van der Waals surface area (Å²) < 4.78 is 10.1. The molecule has 0 bridgehead atoms. The Hall–Kier alpha value is -2.04. The summed E-state index contributed by atoms with van der Waals surface area (Å²) in [6.45, 7) is 3.41. The average Bonchev–Trinajstić information content (AvgIpc) is 2.44. The maximum atomic E-state index is 12.0. The van der Waals surface area contributed by atoms with Crippen molar-refractivity contribution in [2.24, 2.45) is 0 Å². The van der Waals surface area contributed by atoms with E-state index in [1.54, 1.807) is 19.1 Å². The molecule has 1 rings (SSSR count). The molecule has 0 aliphatic heterocycles. The van der Waals surface area contributed by atoms with Crippen LogP contribution in [0.2, 0.25) is 0 Å². The number of rotatable bonds is 6. The molecule has 1 amide bonds. The lowest BCUT2D eigenvalue weighted by atomic mass is 10.2. The third-order valence-electron chi connectivity index (χ3n) is 2.60. The van der Waals surface area contributed by atoms with Crippen molar-refractivity contribution in [3.63, 3.8) is 0 Å². The molecule has 5 nitrogen and oxygen atoms in total. The molecule has 19 heavy (non-hydrogen) atoms. The Bertz CT molecular complexity index is 419. The van der Waals surface area contributed by atoms with Crippen molar-refractivity contribution in [2.45, 2.75) is 32.4 Å². The average molecular weight is 265 g/mol. The van der Waals surface area contributed by atoms with E-state index in [9.17, 15) is 9.59 Å². The molecule has 2 unspecified atom stereocenters. The third kappa shape index (κ3) is 4.62. The van der Waals surface area contributed by atoms with Gasteiger partial charge in [-0.3, -0.25) is 4.79 Å². The lowest BCUT2D eigenvalue weighted by Crippen LogP contribution is -2.46. The molecule has 0 aliphatic carbocycles. The number of para-hydroxylation sites is 1. The van der Waals surface area contributed by atoms with E-state index in [0.717, 1.165) is 0 Å². The van der Waals surface area contributed by atoms with E-state index in [1.807, 2.05) is 25.1 Å². The van der Waals surface area contributed by atoms with Crippen LogP contribution >= 0.6 is 0 Å². The van der Waals surface area contributed by atoms with Crippen LogP contribution in [0.3, 0.4) is 0 Å². The largest absolute Gasteiger partial charge is 0.481 e. The lowest BCUT2D eigenvalue weighted by Gasteiger charge is -2.19. The van der Waals surface area contributed by atoms with E-state index in [2.05, 4.69) is 10.1 Å².